The van der Waals surface area contributed by atoms with Gasteiger partial charge in [-0.05, 0) is 30.3 Å². The fourth-order valence-electron chi connectivity index (χ4n) is 2.24. The Morgan fingerprint density at radius 2 is 1.93 bits per heavy atom. The summed E-state index contributed by atoms with van der Waals surface area (Å²) in [4.78, 5) is 24.3. The van der Waals surface area contributed by atoms with Crippen LogP contribution < -0.4 is 20.7 Å². The lowest BCUT2D eigenvalue weighted by atomic mass is 10.3. The van der Waals surface area contributed by atoms with E-state index < -0.39 is 11.9 Å². The normalized spacial score (nSPS) is 10.2. The van der Waals surface area contributed by atoms with Crippen LogP contribution in [0, 0.1) is 0 Å². The number of rotatable bonds is 6. The molecule has 3 aromatic rings. The summed E-state index contributed by atoms with van der Waals surface area (Å²) >= 11 is 6.98. The minimum absolute atomic E-state index is 0.128. The number of hydrogen-bond acceptors (Lipinski definition) is 6. The maximum absolute atomic E-state index is 12.2. The number of anilines is 2. The van der Waals surface area contributed by atoms with Crippen molar-refractivity contribution >= 4 is 46.3 Å². The molecular weight excluding hydrogens is 402 g/mol. The van der Waals surface area contributed by atoms with E-state index in [0.717, 1.165) is 11.3 Å². The largest absolute Gasteiger partial charge is 0.495 e. The first kappa shape index (κ1) is 19.6. The van der Waals surface area contributed by atoms with Gasteiger partial charge in [-0.25, -0.2) is 4.79 Å². The summed E-state index contributed by atoms with van der Waals surface area (Å²) in [6, 6.07) is 13.4. The Kier molecular flexibility index (Phi) is 6.41. The minimum atomic E-state index is -0.426. The van der Waals surface area contributed by atoms with Crippen LogP contribution in [-0.2, 0) is 6.54 Å². The van der Waals surface area contributed by atoms with E-state index in [2.05, 4.69) is 26.1 Å². The molecule has 0 aliphatic heterocycles. The second-order valence-electron chi connectivity index (χ2n) is 5.47. The summed E-state index contributed by atoms with van der Waals surface area (Å²) in [6.07, 6.45) is 0. The van der Waals surface area contributed by atoms with Gasteiger partial charge in [0.2, 0.25) is 5.01 Å². The Labute approximate surface area is 169 Å². The Morgan fingerprint density at radius 3 is 2.71 bits per heavy atom. The van der Waals surface area contributed by atoms with Crippen LogP contribution in [0.5, 0.6) is 5.75 Å². The molecule has 0 bridgehead atoms. The van der Waals surface area contributed by atoms with Gasteiger partial charge in [0, 0.05) is 10.7 Å². The lowest BCUT2D eigenvalue weighted by Crippen LogP contribution is -2.28. The summed E-state index contributed by atoms with van der Waals surface area (Å²) in [7, 11) is 1.52. The highest BCUT2D eigenvalue weighted by molar-refractivity contribution is 7.13. The van der Waals surface area contributed by atoms with E-state index in [9.17, 15) is 9.59 Å². The van der Waals surface area contributed by atoms with Crippen LogP contribution in [0.4, 0.5) is 16.2 Å². The predicted octanol–water partition coefficient (Wildman–Crippen LogP) is 3.77. The predicted molar refractivity (Wildman–Crippen MR) is 108 cm³/mol. The minimum Gasteiger partial charge on any atom is -0.495 e. The van der Waals surface area contributed by atoms with Crippen LogP contribution in [-0.4, -0.2) is 29.2 Å². The number of para-hydroxylation sites is 2. The molecule has 0 aliphatic carbocycles. The van der Waals surface area contributed by atoms with Crippen molar-refractivity contribution in [1.29, 1.82) is 0 Å². The molecule has 0 aliphatic rings. The number of ether oxygens (including phenoxy) is 1. The highest BCUT2D eigenvalue weighted by Gasteiger charge is 2.14. The number of carbonyl (C=O) groups is 2. The molecule has 10 heteroatoms. The van der Waals surface area contributed by atoms with Crippen molar-refractivity contribution in [2.75, 3.05) is 17.7 Å². The number of carbonyl (C=O) groups excluding carboxylic acids is 2. The first-order chi connectivity index (χ1) is 13.5. The molecule has 0 fully saturated rings. The number of nitrogens with one attached hydrogen (secondary N) is 3. The van der Waals surface area contributed by atoms with Gasteiger partial charge in [-0.15, -0.1) is 10.2 Å². The summed E-state index contributed by atoms with van der Waals surface area (Å²) in [5, 5.41) is 17.0. The van der Waals surface area contributed by atoms with E-state index >= 15 is 0 Å². The Balaban J connectivity index is 1.54. The van der Waals surface area contributed by atoms with E-state index in [1.165, 1.54) is 7.11 Å². The molecule has 3 rings (SSSR count). The van der Waals surface area contributed by atoms with Crippen LogP contribution >= 0.6 is 22.9 Å². The van der Waals surface area contributed by atoms with Gasteiger partial charge in [-0.2, -0.15) is 0 Å². The highest BCUT2D eigenvalue weighted by Crippen LogP contribution is 2.23. The number of hydrogen-bond donors (Lipinski definition) is 3. The van der Waals surface area contributed by atoms with Gasteiger partial charge in [0.1, 0.15) is 10.8 Å². The van der Waals surface area contributed by atoms with Gasteiger partial charge in [-0.1, -0.05) is 41.1 Å². The summed E-state index contributed by atoms with van der Waals surface area (Å²) in [6.45, 7) is 0.128. The van der Waals surface area contributed by atoms with Crippen molar-refractivity contribution in [1.82, 2.24) is 15.5 Å². The van der Waals surface area contributed by atoms with Crippen LogP contribution in [0.25, 0.3) is 0 Å². The fraction of sp³-hybridized carbons (Fsp3) is 0.111. The summed E-state index contributed by atoms with van der Waals surface area (Å²) in [5.41, 5.74) is 1.10. The lowest BCUT2D eigenvalue weighted by molar-refractivity contribution is 0.102. The van der Waals surface area contributed by atoms with Gasteiger partial charge in [-0.3, -0.25) is 4.79 Å². The van der Waals surface area contributed by atoms with Crippen molar-refractivity contribution in [3.8, 4) is 5.75 Å². The smallest absolute Gasteiger partial charge is 0.319 e. The van der Waals surface area contributed by atoms with Gasteiger partial charge >= 0.3 is 6.03 Å². The molecule has 1 heterocycles. The topological polar surface area (TPSA) is 105 Å². The Hall–Kier alpha value is -3.17. The quantitative estimate of drug-likeness (QED) is 0.566. The monoisotopic (exact) mass is 417 g/mol. The molecule has 0 spiro atoms. The molecule has 8 nitrogen and oxygen atoms in total. The lowest BCUT2D eigenvalue weighted by Gasteiger charge is -2.10. The van der Waals surface area contributed by atoms with Crippen molar-refractivity contribution in [2.45, 2.75) is 6.54 Å². The standard InChI is InChI=1S/C18H16ClN5O3S/c1-27-14-8-3-2-7-13(14)22-18(26)20-10-15-23-24-17(28-15)16(25)21-12-6-4-5-11(19)9-12/h2-9H,10H2,1H3,(H,21,25)(H2,20,22,26). The molecule has 3 amide bonds. The zero-order chi connectivity index (χ0) is 19.9. The van der Waals surface area contributed by atoms with Crippen molar-refractivity contribution in [2.24, 2.45) is 0 Å². The second kappa shape index (κ2) is 9.16. The summed E-state index contributed by atoms with van der Waals surface area (Å²) < 4.78 is 5.18. The SMILES string of the molecule is COc1ccccc1NC(=O)NCc1nnc(C(=O)Nc2cccc(Cl)c2)s1. The second-order valence-corrected chi connectivity index (χ2v) is 6.97. The third-order valence-electron chi connectivity index (χ3n) is 3.50. The maximum Gasteiger partial charge on any atom is 0.319 e. The van der Waals surface area contributed by atoms with E-state index in [-0.39, 0.29) is 11.6 Å². The Bertz CT molecular complexity index is 995. The molecule has 0 unspecified atom stereocenters. The average molecular weight is 418 g/mol. The molecule has 1 aromatic heterocycles. The molecule has 28 heavy (non-hydrogen) atoms. The molecule has 144 valence electrons. The average Bonchev–Trinajstić information content (AvgIpc) is 3.16. The third-order valence-corrected chi connectivity index (χ3v) is 4.66. The molecular formula is C18H16ClN5O3S. The highest BCUT2D eigenvalue weighted by atomic mass is 35.5. The van der Waals surface area contributed by atoms with Crippen LogP contribution in [0.1, 0.15) is 14.8 Å². The number of halogens is 1. The van der Waals surface area contributed by atoms with Gasteiger partial charge in [0.25, 0.3) is 5.91 Å². The van der Waals surface area contributed by atoms with Crippen LogP contribution in [0.3, 0.4) is 0 Å². The summed E-state index contributed by atoms with van der Waals surface area (Å²) in [5.74, 6) is 0.151. The molecule has 3 N–H and O–H groups in total. The molecule has 0 saturated carbocycles. The van der Waals surface area contributed by atoms with Crippen molar-refractivity contribution in [3.05, 3.63) is 63.6 Å². The zero-order valence-electron chi connectivity index (χ0n) is 14.7. The number of methoxy groups -OCH3 is 1. The number of aromatic nitrogens is 2. The molecule has 0 saturated heterocycles. The van der Waals surface area contributed by atoms with Crippen LogP contribution in [0.15, 0.2) is 48.5 Å². The van der Waals surface area contributed by atoms with Crippen LogP contribution in [0.2, 0.25) is 5.02 Å². The maximum atomic E-state index is 12.2. The third kappa shape index (κ3) is 5.18. The van der Waals surface area contributed by atoms with E-state index in [4.69, 9.17) is 16.3 Å². The molecule has 0 radical (unpaired) electrons. The zero-order valence-corrected chi connectivity index (χ0v) is 16.3. The first-order valence-electron chi connectivity index (χ1n) is 8.12. The molecule has 2 aromatic carbocycles. The van der Waals surface area contributed by atoms with E-state index in [0.29, 0.717) is 27.2 Å². The van der Waals surface area contributed by atoms with Gasteiger partial charge < -0.3 is 20.7 Å². The number of urea groups is 1. The van der Waals surface area contributed by atoms with Crippen molar-refractivity contribution in [3.63, 3.8) is 0 Å². The first-order valence-corrected chi connectivity index (χ1v) is 9.32. The molecule has 0 atom stereocenters. The number of benzene rings is 2. The van der Waals surface area contributed by atoms with Gasteiger partial charge in [0.15, 0.2) is 0 Å². The van der Waals surface area contributed by atoms with Crippen molar-refractivity contribution < 1.29 is 14.3 Å². The van der Waals surface area contributed by atoms with E-state index in [1.807, 2.05) is 0 Å². The Morgan fingerprint density at radius 1 is 1.11 bits per heavy atom. The fourth-order valence-corrected chi connectivity index (χ4v) is 3.10. The van der Waals surface area contributed by atoms with E-state index in [1.54, 1.807) is 48.5 Å². The van der Waals surface area contributed by atoms with Gasteiger partial charge in [0.05, 0.1) is 19.3 Å². The number of nitrogens with zero attached hydrogens (tertiary/aromatic N) is 2. The number of amides is 3.